The maximum Gasteiger partial charge on any atom is 0.282 e. The number of benzene rings is 2. The van der Waals surface area contributed by atoms with Gasteiger partial charge in [0.05, 0.1) is 0 Å². The Balaban J connectivity index is 2.08. The molecular weight excluding hydrogens is 290 g/mol. The Kier molecular flexibility index (Phi) is 5.88. The summed E-state index contributed by atoms with van der Waals surface area (Å²) < 4.78 is 0. The van der Waals surface area contributed by atoms with Crippen molar-refractivity contribution in [2.75, 3.05) is 18.9 Å². The molecule has 0 aliphatic rings. The van der Waals surface area contributed by atoms with Crippen LogP contribution in [0.15, 0.2) is 54.6 Å². The Morgan fingerprint density at radius 1 is 1.04 bits per heavy atom. The fourth-order valence-electron chi connectivity index (χ4n) is 2.20. The zero-order valence-electron chi connectivity index (χ0n) is 13.4. The van der Waals surface area contributed by atoms with E-state index in [-0.39, 0.29) is 24.4 Å². The first kappa shape index (κ1) is 16.7. The van der Waals surface area contributed by atoms with Crippen LogP contribution in [0, 0.1) is 0 Å². The Hall–Kier alpha value is -2.66. The first-order chi connectivity index (χ1) is 11.1. The highest BCUT2D eigenvalue weighted by Gasteiger charge is 2.18. The van der Waals surface area contributed by atoms with Gasteiger partial charge in [0.25, 0.3) is 11.8 Å². The molecule has 0 aliphatic heterocycles. The van der Waals surface area contributed by atoms with E-state index in [2.05, 4.69) is 10.6 Å². The average molecular weight is 312 g/mol. The number of hydrogen-bond acceptors (Lipinski definition) is 2. The molecule has 0 fully saturated rings. The van der Waals surface area contributed by atoms with Crippen molar-refractivity contribution in [1.82, 2.24) is 5.32 Å². The predicted molar refractivity (Wildman–Crippen MR) is 90.8 cm³/mol. The van der Waals surface area contributed by atoms with Crippen molar-refractivity contribution >= 4 is 17.5 Å². The maximum atomic E-state index is 12.3. The minimum atomic E-state index is -0.351. The molecular formula is C18H22N3O2+. The summed E-state index contributed by atoms with van der Waals surface area (Å²) in [6.07, 6.45) is 0. The number of anilines is 1. The average Bonchev–Trinajstić information content (AvgIpc) is 2.60. The summed E-state index contributed by atoms with van der Waals surface area (Å²) in [4.78, 5) is 23.6. The van der Waals surface area contributed by atoms with Crippen LogP contribution in [0.25, 0.3) is 11.1 Å². The lowest BCUT2D eigenvalue weighted by Gasteiger charge is -2.14. The highest BCUT2D eigenvalue weighted by molar-refractivity contribution is 5.97. The molecule has 0 spiro atoms. The number of nitrogens with one attached hydrogen (secondary N) is 2. The maximum absolute atomic E-state index is 12.3. The molecule has 0 saturated carbocycles. The number of nitrogens with two attached hydrogens (primary N) is 1. The van der Waals surface area contributed by atoms with E-state index in [1.807, 2.05) is 54.6 Å². The van der Waals surface area contributed by atoms with Gasteiger partial charge in [0.15, 0.2) is 12.6 Å². The van der Waals surface area contributed by atoms with Gasteiger partial charge in [0, 0.05) is 18.3 Å². The van der Waals surface area contributed by atoms with Crippen molar-refractivity contribution in [2.45, 2.75) is 13.0 Å². The third-order valence-electron chi connectivity index (χ3n) is 3.62. The van der Waals surface area contributed by atoms with Gasteiger partial charge in [-0.1, -0.05) is 48.5 Å². The van der Waals surface area contributed by atoms with Crippen molar-refractivity contribution in [3.05, 3.63) is 54.6 Å². The van der Waals surface area contributed by atoms with E-state index >= 15 is 0 Å². The van der Waals surface area contributed by atoms with E-state index in [1.165, 1.54) is 0 Å². The van der Waals surface area contributed by atoms with E-state index in [9.17, 15) is 9.59 Å². The molecule has 2 aromatic carbocycles. The van der Waals surface area contributed by atoms with E-state index < -0.39 is 0 Å². The van der Waals surface area contributed by atoms with Crippen LogP contribution >= 0.6 is 0 Å². The van der Waals surface area contributed by atoms with Crippen molar-refractivity contribution in [2.24, 2.45) is 0 Å². The van der Waals surface area contributed by atoms with Gasteiger partial charge in [-0.25, -0.2) is 0 Å². The number of hydrogen-bond donors (Lipinski definition) is 3. The summed E-state index contributed by atoms with van der Waals surface area (Å²) in [5.74, 6) is -0.230. The summed E-state index contributed by atoms with van der Waals surface area (Å²) in [5, 5.41) is 7.19. The van der Waals surface area contributed by atoms with Gasteiger partial charge in [-0.05, 0) is 18.6 Å². The minimum absolute atomic E-state index is 0.102. The molecule has 2 amide bonds. The van der Waals surface area contributed by atoms with Crippen LogP contribution in [0.1, 0.15) is 6.92 Å². The van der Waals surface area contributed by atoms with Crippen LogP contribution in [-0.4, -0.2) is 31.4 Å². The molecule has 0 aromatic heterocycles. The second-order valence-corrected chi connectivity index (χ2v) is 5.30. The fourth-order valence-corrected chi connectivity index (χ4v) is 2.20. The Morgan fingerprint density at radius 2 is 1.70 bits per heavy atom. The lowest BCUT2D eigenvalue weighted by Crippen LogP contribution is -2.93. The first-order valence-corrected chi connectivity index (χ1v) is 7.61. The normalized spacial score (nSPS) is 11.6. The van der Waals surface area contributed by atoms with Crippen LogP contribution in [0.3, 0.4) is 0 Å². The lowest BCUT2D eigenvalue weighted by molar-refractivity contribution is -0.662. The van der Waals surface area contributed by atoms with E-state index in [0.717, 1.165) is 16.8 Å². The predicted octanol–water partition coefficient (Wildman–Crippen LogP) is 0.990. The molecule has 23 heavy (non-hydrogen) atoms. The number of carbonyl (C=O) groups excluding carboxylic acids is 2. The van der Waals surface area contributed by atoms with Gasteiger partial charge >= 0.3 is 0 Å². The van der Waals surface area contributed by atoms with Crippen LogP contribution < -0.4 is 16.0 Å². The topological polar surface area (TPSA) is 74.8 Å². The number of para-hydroxylation sites is 1. The summed E-state index contributed by atoms with van der Waals surface area (Å²) in [6.45, 7) is 2.01. The zero-order chi connectivity index (χ0) is 16.7. The summed E-state index contributed by atoms with van der Waals surface area (Å²) in [6, 6.07) is 17.2. The van der Waals surface area contributed by atoms with E-state index in [4.69, 9.17) is 0 Å². The van der Waals surface area contributed by atoms with Crippen molar-refractivity contribution in [3.8, 4) is 11.1 Å². The number of rotatable bonds is 6. The van der Waals surface area contributed by atoms with Crippen LogP contribution in [0.4, 0.5) is 5.69 Å². The number of likely N-dealkylation sites (N-methyl/N-ethyl adjacent to an activating group) is 1. The SMILES string of the molecule is CNC(=O)C[NH2+][C@@H](C)C(=O)Nc1ccccc1-c1ccccc1. The quantitative estimate of drug-likeness (QED) is 0.744. The molecule has 2 rings (SSSR count). The van der Waals surface area contributed by atoms with E-state index in [1.54, 1.807) is 19.3 Å². The largest absolute Gasteiger partial charge is 0.354 e. The number of carbonyl (C=O) groups is 2. The third kappa shape index (κ3) is 4.66. The molecule has 2 aromatic rings. The summed E-state index contributed by atoms with van der Waals surface area (Å²) >= 11 is 0. The molecule has 5 nitrogen and oxygen atoms in total. The van der Waals surface area contributed by atoms with Gasteiger partial charge in [-0.15, -0.1) is 0 Å². The van der Waals surface area contributed by atoms with E-state index in [0.29, 0.717) is 0 Å². The molecule has 0 unspecified atom stereocenters. The standard InChI is InChI=1S/C18H21N3O2/c1-13(20-12-17(22)19-2)18(23)21-16-11-7-6-10-15(16)14-8-4-3-5-9-14/h3-11,13,20H,12H2,1-2H3,(H,19,22)(H,21,23)/p+1/t13-/m0/s1. The number of amides is 2. The molecule has 0 saturated heterocycles. The van der Waals surface area contributed by atoms with Crippen LogP contribution in [0.2, 0.25) is 0 Å². The second kappa shape index (κ2) is 8.10. The first-order valence-electron chi connectivity index (χ1n) is 7.61. The minimum Gasteiger partial charge on any atom is -0.354 e. The van der Waals surface area contributed by atoms with Crippen LogP contribution in [0.5, 0.6) is 0 Å². The van der Waals surface area contributed by atoms with Gasteiger partial charge in [0.2, 0.25) is 0 Å². The van der Waals surface area contributed by atoms with Crippen molar-refractivity contribution in [3.63, 3.8) is 0 Å². The molecule has 1 atom stereocenters. The Morgan fingerprint density at radius 3 is 2.39 bits per heavy atom. The number of quaternary nitrogens is 1. The Bertz CT molecular complexity index is 671. The van der Waals surface area contributed by atoms with Gasteiger partial charge in [-0.3, -0.25) is 9.59 Å². The van der Waals surface area contributed by atoms with Crippen LogP contribution in [-0.2, 0) is 9.59 Å². The van der Waals surface area contributed by atoms with Gasteiger partial charge in [-0.2, -0.15) is 0 Å². The fraction of sp³-hybridized carbons (Fsp3) is 0.222. The molecule has 0 radical (unpaired) electrons. The third-order valence-corrected chi connectivity index (χ3v) is 3.62. The van der Waals surface area contributed by atoms with Crippen molar-refractivity contribution in [1.29, 1.82) is 0 Å². The molecule has 5 heteroatoms. The second-order valence-electron chi connectivity index (χ2n) is 5.30. The lowest BCUT2D eigenvalue weighted by atomic mass is 10.0. The molecule has 120 valence electrons. The smallest absolute Gasteiger partial charge is 0.282 e. The monoisotopic (exact) mass is 312 g/mol. The summed E-state index contributed by atoms with van der Waals surface area (Å²) in [7, 11) is 1.58. The highest BCUT2D eigenvalue weighted by atomic mass is 16.2. The van der Waals surface area contributed by atoms with Crippen molar-refractivity contribution < 1.29 is 14.9 Å². The molecule has 0 heterocycles. The highest BCUT2D eigenvalue weighted by Crippen LogP contribution is 2.27. The van der Waals surface area contributed by atoms with Gasteiger partial charge < -0.3 is 16.0 Å². The Labute approximate surface area is 136 Å². The summed E-state index contributed by atoms with van der Waals surface area (Å²) in [5.41, 5.74) is 2.79. The molecule has 0 bridgehead atoms. The molecule has 4 N–H and O–H groups in total. The zero-order valence-corrected chi connectivity index (χ0v) is 13.4. The van der Waals surface area contributed by atoms with Gasteiger partial charge in [0.1, 0.15) is 0 Å². The molecule has 0 aliphatic carbocycles.